The number of carbonyl (C=O) groups excluding carboxylic acids is 1. The average molecular weight is 353 g/mol. The van der Waals surface area contributed by atoms with E-state index >= 15 is 0 Å². The number of anilines is 3. The van der Waals surface area contributed by atoms with Gasteiger partial charge in [-0.3, -0.25) is 4.79 Å². The molecule has 1 saturated heterocycles. The first-order chi connectivity index (χ1) is 10.7. The van der Waals surface area contributed by atoms with Crippen molar-refractivity contribution in [3.63, 3.8) is 0 Å². The first-order valence-corrected chi connectivity index (χ1v) is 8.42. The standard InChI is InChI=1S/C16H20N4OS.ClH/c1-11-10-22-16(18-11)20-13-7-5-12(6-8-13)19-15(21)14-4-2-3-9-17-14;/h5-8,10,14,17H,2-4,9H2,1H3,(H,18,20)(H,19,21);1H. The highest BCUT2D eigenvalue weighted by atomic mass is 35.5. The van der Waals surface area contributed by atoms with Crippen LogP contribution in [0.3, 0.4) is 0 Å². The summed E-state index contributed by atoms with van der Waals surface area (Å²) in [7, 11) is 0. The zero-order valence-corrected chi connectivity index (χ0v) is 14.6. The van der Waals surface area contributed by atoms with E-state index in [1.807, 2.05) is 36.6 Å². The van der Waals surface area contributed by atoms with Gasteiger partial charge >= 0.3 is 0 Å². The van der Waals surface area contributed by atoms with E-state index in [4.69, 9.17) is 0 Å². The van der Waals surface area contributed by atoms with Gasteiger partial charge in [-0.2, -0.15) is 0 Å². The molecular weight excluding hydrogens is 332 g/mol. The van der Waals surface area contributed by atoms with E-state index in [-0.39, 0.29) is 24.4 Å². The monoisotopic (exact) mass is 352 g/mol. The second kappa shape index (κ2) is 8.29. The van der Waals surface area contributed by atoms with Crippen LogP contribution in [0, 0.1) is 6.92 Å². The molecule has 124 valence electrons. The van der Waals surface area contributed by atoms with E-state index in [9.17, 15) is 4.79 Å². The van der Waals surface area contributed by atoms with Crippen molar-refractivity contribution in [2.24, 2.45) is 0 Å². The maximum atomic E-state index is 12.1. The molecule has 0 bridgehead atoms. The Morgan fingerprint density at radius 2 is 2.00 bits per heavy atom. The summed E-state index contributed by atoms with van der Waals surface area (Å²) in [5.74, 6) is 0.0518. The number of benzene rings is 1. The number of nitrogens with zero attached hydrogens (tertiary/aromatic N) is 1. The molecule has 5 nitrogen and oxygen atoms in total. The lowest BCUT2D eigenvalue weighted by Gasteiger charge is -2.22. The Labute approximate surface area is 146 Å². The third-order valence-corrected chi connectivity index (χ3v) is 4.53. The smallest absolute Gasteiger partial charge is 0.241 e. The lowest BCUT2D eigenvalue weighted by Crippen LogP contribution is -2.43. The summed E-state index contributed by atoms with van der Waals surface area (Å²) in [5.41, 5.74) is 2.79. The van der Waals surface area contributed by atoms with Crippen LogP contribution < -0.4 is 16.0 Å². The number of piperidine rings is 1. The summed E-state index contributed by atoms with van der Waals surface area (Å²) in [6.07, 6.45) is 3.18. The molecule has 1 unspecified atom stereocenters. The maximum Gasteiger partial charge on any atom is 0.241 e. The van der Waals surface area contributed by atoms with Gasteiger partial charge in [0.25, 0.3) is 0 Å². The Morgan fingerprint density at radius 3 is 2.61 bits per heavy atom. The molecule has 0 saturated carbocycles. The van der Waals surface area contributed by atoms with Crippen LogP contribution in [0.25, 0.3) is 0 Å². The fraction of sp³-hybridized carbons (Fsp3) is 0.375. The molecule has 1 atom stereocenters. The van der Waals surface area contributed by atoms with Crippen molar-refractivity contribution in [2.75, 3.05) is 17.2 Å². The largest absolute Gasteiger partial charge is 0.332 e. The highest BCUT2D eigenvalue weighted by Crippen LogP contribution is 2.22. The quantitative estimate of drug-likeness (QED) is 0.785. The van der Waals surface area contributed by atoms with Gasteiger partial charge in [0.2, 0.25) is 5.91 Å². The molecule has 1 aromatic heterocycles. The zero-order valence-electron chi connectivity index (χ0n) is 13.0. The van der Waals surface area contributed by atoms with Crippen molar-refractivity contribution in [2.45, 2.75) is 32.2 Å². The zero-order chi connectivity index (χ0) is 15.4. The van der Waals surface area contributed by atoms with E-state index in [0.717, 1.165) is 48.0 Å². The Hall–Kier alpha value is -1.63. The van der Waals surface area contributed by atoms with Gasteiger partial charge in [-0.1, -0.05) is 6.42 Å². The van der Waals surface area contributed by atoms with Crippen LogP contribution >= 0.6 is 23.7 Å². The molecular formula is C16H21ClN4OS. The summed E-state index contributed by atoms with van der Waals surface area (Å²) in [5, 5.41) is 12.4. The van der Waals surface area contributed by atoms with Gasteiger partial charge in [0.1, 0.15) is 0 Å². The molecule has 1 aliphatic rings. The summed E-state index contributed by atoms with van der Waals surface area (Å²) < 4.78 is 0. The molecule has 2 aromatic rings. The number of carbonyl (C=O) groups is 1. The fourth-order valence-electron chi connectivity index (χ4n) is 2.48. The van der Waals surface area contributed by atoms with Gasteiger partial charge in [-0.25, -0.2) is 4.98 Å². The molecule has 7 heteroatoms. The van der Waals surface area contributed by atoms with Crippen molar-refractivity contribution in [1.82, 2.24) is 10.3 Å². The average Bonchev–Trinajstić information content (AvgIpc) is 2.95. The van der Waals surface area contributed by atoms with Crippen molar-refractivity contribution >= 4 is 46.2 Å². The Balaban J connectivity index is 0.00000192. The van der Waals surface area contributed by atoms with Gasteiger partial charge in [-0.15, -0.1) is 23.7 Å². The summed E-state index contributed by atoms with van der Waals surface area (Å²) in [6, 6.07) is 7.64. The number of amides is 1. The van der Waals surface area contributed by atoms with Crippen molar-refractivity contribution in [3.8, 4) is 0 Å². The fourth-order valence-corrected chi connectivity index (χ4v) is 3.19. The highest BCUT2D eigenvalue weighted by molar-refractivity contribution is 7.13. The van der Waals surface area contributed by atoms with Gasteiger partial charge in [-0.05, 0) is 50.6 Å². The van der Waals surface area contributed by atoms with Crippen LogP contribution in [0.1, 0.15) is 25.0 Å². The molecule has 0 radical (unpaired) electrons. The van der Waals surface area contributed by atoms with Crippen LogP contribution in [0.4, 0.5) is 16.5 Å². The SMILES string of the molecule is Cc1csc(Nc2ccc(NC(=O)C3CCCCN3)cc2)n1.Cl. The number of aromatic nitrogens is 1. The predicted octanol–water partition coefficient (Wildman–Crippen LogP) is 3.70. The van der Waals surface area contributed by atoms with Crippen LogP contribution in [0.5, 0.6) is 0 Å². The minimum absolute atomic E-state index is 0. The van der Waals surface area contributed by atoms with Crippen LogP contribution in [-0.4, -0.2) is 23.5 Å². The van der Waals surface area contributed by atoms with E-state index < -0.39 is 0 Å². The van der Waals surface area contributed by atoms with Gasteiger partial charge in [0.15, 0.2) is 5.13 Å². The number of aryl methyl sites for hydroxylation is 1. The van der Waals surface area contributed by atoms with Crippen LogP contribution in [-0.2, 0) is 4.79 Å². The highest BCUT2D eigenvalue weighted by Gasteiger charge is 2.20. The van der Waals surface area contributed by atoms with E-state index in [0.29, 0.717) is 0 Å². The number of rotatable bonds is 4. The molecule has 3 rings (SSSR count). The number of halogens is 1. The van der Waals surface area contributed by atoms with Crippen molar-refractivity contribution < 1.29 is 4.79 Å². The maximum absolute atomic E-state index is 12.1. The molecule has 0 spiro atoms. The molecule has 3 N–H and O–H groups in total. The summed E-state index contributed by atoms with van der Waals surface area (Å²) in [6.45, 7) is 2.90. The molecule has 23 heavy (non-hydrogen) atoms. The molecule has 2 heterocycles. The van der Waals surface area contributed by atoms with Crippen LogP contribution in [0.15, 0.2) is 29.6 Å². The normalized spacial score (nSPS) is 17.2. The van der Waals surface area contributed by atoms with Crippen molar-refractivity contribution in [3.05, 3.63) is 35.3 Å². The minimum atomic E-state index is -0.0650. The lowest BCUT2D eigenvalue weighted by molar-refractivity contribution is -0.118. The van der Waals surface area contributed by atoms with Crippen LogP contribution in [0.2, 0.25) is 0 Å². The van der Waals surface area contributed by atoms with Gasteiger partial charge < -0.3 is 16.0 Å². The summed E-state index contributed by atoms with van der Waals surface area (Å²) in [4.78, 5) is 16.5. The van der Waals surface area contributed by atoms with E-state index in [1.54, 1.807) is 11.3 Å². The Kier molecular flexibility index (Phi) is 6.38. The molecule has 1 amide bonds. The molecule has 0 aliphatic carbocycles. The van der Waals surface area contributed by atoms with Crippen molar-refractivity contribution in [1.29, 1.82) is 0 Å². The topological polar surface area (TPSA) is 66.0 Å². The predicted molar refractivity (Wildman–Crippen MR) is 98.1 cm³/mol. The molecule has 1 fully saturated rings. The summed E-state index contributed by atoms with van der Waals surface area (Å²) >= 11 is 1.58. The number of hydrogen-bond acceptors (Lipinski definition) is 5. The first kappa shape index (κ1) is 17.7. The number of nitrogens with one attached hydrogen (secondary N) is 3. The third kappa shape index (κ3) is 4.92. The second-order valence-corrected chi connectivity index (χ2v) is 6.35. The minimum Gasteiger partial charge on any atom is -0.332 e. The number of hydrogen-bond donors (Lipinski definition) is 3. The Bertz CT molecular complexity index is 638. The van der Waals surface area contributed by atoms with E-state index in [2.05, 4.69) is 20.9 Å². The third-order valence-electron chi connectivity index (χ3n) is 3.65. The van der Waals surface area contributed by atoms with E-state index in [1.165, 1.54) is 0 Å². The molecule has 1 aromatic carbocycles. The van der Waals surface area contributed by atoms with Gasteiger partial charge in [0.05, 0.1) is 11.7 Å². The second-order valence-electron chi connectivity index (χ2n) is 5.49. The van der Waals surface area contributed by atoms with Gasteiger partial charge in [0, 0.05) is 16.8 Å². The molecule has 1 aliphatic heterocycles. The number of thiazole rings is 1. The lowest BCUT2D eigenvalue weighted by atomic mass is 10.0. The first-order valence-electron chi connectivity index (χ1n) is 7.54. The Morgan fingerprint density at radius 1 is 1.26 bits per heavy atom.